The fourth-order valence-electron chi connectivity index (χ4n) is 1.32. The Balaban J connectivity index is 1.79. The van der Waals surface area contributed by atoms with Crippen LogP contribution in [0.15, 0.2) is 5.38 Å². The van der Waals surface area contributed by atoms with Crippen molar-refractivity contribution in [2.45, 2.75) is 25.8 Å². The monoisotopic (exact) mass is 240 g/mol. The number of nitrogens with one attached hydrogen (secondary N) is 1. The molecule has 0 radical (unpaired) electrons. The molecule has 0 bridgehead atoms. The Bertz CT molecular complexity index is 412. The quantitative estimate of drug-likeness (QED) is 0.812. The topological polar surface area (TPSA) is 79.3 Å². The first kappa shape index (κ1) is 11.1. The van der Waals surface area contributed by atoms with Crippen molar-refractivity contribution in [2.75, 3.05) is 0 Å². The van der Waals surface area contributed by atoms with Crippen LogP contribution < -0.4 is 5.32 Å². The normalized spacial score (nSPS) is 14.8. The number of aromatic carboxylic acids is 1. The summed E-state index contributed by atoms with van der Waals surface area (Å²) in [7, 11) is 0. The van der Waals surface area contributed by atoms with Gasteiger partial charge in [0.15, 0.2) is 5.69 Å². The molecular formula is C10H12N2O3S. The van der Waals surface area contributed by atoms with Gasteiger partial charge >= 0.3 is 5.97 Å². The van der Waals surface area contributed by atoms with Crippen molar-refractivity contribution < 1.29 is 14.7 Å². The molecule has 1 saturated carbocycles. The fraction of sp³-hybridized carbons (Fsp3) is 0.500. The number of hydrogen-bond donors (Lipinski definition) is 2. The number of nitrogens with zero attached hydrogens (tertiary/aromatic N) is 1. The van der Waals surface area contributed by atoms with Crippen LogP contribution in [0.4, 0.5) is 0 Å². The highest BCUT2D eigenvalue weighted by Gasteiger charge is 2.24. The molecule has 0 aromatic carbocycles. The summed E-state index contributed by atoms with van der Waals surface area (Å²) in [5.41, 5.74) is 0.0384. The van der Waals surface area contributed by atoms with Crippen LogP contribution in [0.2, 0.25) is 0 Å². The number of carboxylic acids is 1. The molecule has 0 atom stereocenters. The number of amides is 1. The zero-order valence-corrected chi connectivity index (χ0v) is 9.42. The van der Waals surface area contributed by atoms with E-state index < -0.39 is 5.97 Å². The second kappa shape index (κ2) is 4.61. The molecule has 6 heteroatoms. The van der Waals surface area contributed by atoms with Crippen molar-refractivity contribution in [2.24, 2.45) is 5.92 Å². The summed E-state index contributed by atoms with van der Waals surface area (Å²) in [5, 5.41) is 13.5. The van der Waals surface area contributed by atoms with Crippen molar-refractivity contribution in [1.82, 2.24) is 10.3 Å². The van der Waals surface area contributed by atoms with Gasteiger partial charge in [-0.3, -0.25) is 4.79 Å². The van der Waals surface area contributed by atoms with Crippen molar-refractivity contribution in [3.63, 3.8) is 0 Å². The van der Waals surface area contributed by atoms with Gasteiger partial charge < -0.3 is 10.4 Å². The number of thiazole rings is 1. The van der Waals surface area contributed by atoms with Gasteiger partial charge in [-0.1, -0.05) is 0 Å². The molecular weight excluding hydrogens is 228 g/mol. The molecule has 16 heavy (non-hydrogen) atoms. The molecule has 2 N–H and O–H groups in total. The molecule has 1 aromatic heterocycles. The minimum absolute atomic E-state index is 0.0228. The Morgan fingerprint density at radius 3 is 2.88 bits per heavy atom. The maximum atomic E-state index is 11.4. The summed E-state index contributed by atoms with van der Waals surface area (Å²) < 4.78 is 0. The molecule has 1 heterocycles. The van der Waals surface area contributed by atoms with Gasteiger partial charge in [0.25, 0.3) is 0 Å². The fourth-order valence-corrected chi connectivity index (χ4v) is 2.03. The summed E-state index contributed by atoms with van der Waals surface area (Å²) in [6, 6.07) is 0. The molecule has 1 fully saturated rings. The second-order valence-corrected chi connectivity index (χ2v) is 4.80. The van der Waals surface area contributed by atoms with E-state index in [1.54, 1.807) is 0 Å². The van der Waals surface area contributed by atoms with E-state index in [4.69, 9.17) is 5.11 Å². The Kier molecular flexibility index (Phi) is 3.19. The SMILES string of the molecule is O=C(CC1CC1)NCc1nc(C(=O)O)cs1. The summed E-state index contributed by atoms with van der Waals surface area (Å²) in [6.07, 6.45) is 2.87. The highest BCUT2D eigenvalue weighted by atomic mass is 32.1. The average molecular weight is 240 g/mol. The molecule has 1 amide bonds. The maximum absolute atomic E-state index is 11.4. The minimum atomic E-state index is -1.04. The lowest BCUT2D eigenvalue weighted by Gasteiger charge is -2.00. The van der Waals surface area contributed by atoms with Crippen LogP contribution in [0, 0.1) is 5.92 Å². The van der Waals surface area contributed by atoms with Crippen LogP contribution in [0.5, 0.6) is 0 Å². The zero-order valence-electron chi connectivity index (χ0n) is 8.60. The lowest BCUT2D eigenvalue weighted by Crippen LogP contribution is -2.22. The maximum Gasteiger partial charge on any atom is 0.355 e. The Hall–Kier alpha value is -1.43. The second-order valence-electron chi connectivity index (χ2n) is 3.86. The molecule has 0 unspecified atom stereocenters. The van der Waals surface area contributed by atoms with E-state index in [1.807, 2.05) is 0 Å². The Morgan fingerprint density at radius 2 is 2.31 bits per heavy atom. The van der Waals surface area contributed by atoms with Crippen LogP contribution in [0.25, 0.3) is 0 Å². The third-order valence-electron chi connectivity index (χ3n) is 2.38. The van der Waals surface area contributed by atoms with Crippen LogP contribution in [0.3, 0.4) is 0 Å². The van der Waals surface area contributed by atoms with Gasteiger partial charge in [0, 0.05) is 11.8 Å². The highest BCUT2D eigenvalue weighted by Crippen LogP contribution is 2.32. The Labute approximate surface area is 96.5 Å². The zero-order chi connectivity index (χ0) is 11.5. The first-order chi connectivity index (χ1) is 7.65. The van der Waals surface area contributed by atoms with Crippen LogP contribution >= 0.6 is 11.3 Å². The molecule has 2 rings (SSSR count). The molecule has 1 aliphatic rings. The standard InChI is InChI=1S/C10H12N2O3S/c13-8(3-6-1-2-6)11-4-9-12-7(5-16-9)10(14)15/h5-6H,1-4H2,(H,11,13)(H,14,15). The van der Waals surface area contributed by atoms with Crippen LogP contribution in [0.1, 0.15) is 34.8 Å². The number of hydrogen-bond acceptors (Lipinski definition) is 4. The van der Waals surface area contributed by atoms with E-state index in [1.165, 1.54) is 16.7 Å². The van der Waals surface area contributed by atoms with Gasteiger partial charge in [0.2, 0.25) is 5.91 Å². The molecule has 1 aromatic rings. The number of carboxylic acid groups (broad SMARTS) is 1. The predicted octanol–water partition coefficient (Wildman–Crippen LogP) is 1.26. The third-order valence-corrected chi connectivity index (χ3v) is 3.23. The van der Waals surface area contributed by atoms with Gasteiger partial charge in [0.05, 0.1) is 6.54 Å². The van der Waals surface area contributed by atoms with Gasteiger partial charge in [-0.05, 0) is 18.8 Å². The van der Waals surface area contributed by atoms with Gasteiger partial charge in [-0.2, -0.15) is 0 Å². The first-order valence-corrected chi connectivity index (χ1v) is 5.97. The van der Waals surface area contributed by atoms with Crippen LogP contribution in [-0.4, -0.2) is 22.0 Å². The smallest absolute Gasteiger partial charge is 0.355 e. The van der Waals surface area contributed by atoms with Crippen LogP contribution in [-0.2, 0) is 11.3 Å². The number of carbonyl (C=O) groups excluding carboxylic acids is 1. The highest BCUT2D eigenvalue weighted by molar-refractivity contribution is 7.09. The average Bonchev–Trinajstić information content (AvgIpc) is 2.91. The number of carbonyl (C=O) groups is 2. The van der Waals surface area contributed by atoms with Crippen molar-refractivity contribution in [1.29, 1.82) is 0 Å². The van der Waals surface area contributed by atoms with E-state index in [2.05, 4.69) is 10.3 Å². The third kappa shape index (κ3) is 3.03. The van der Waals surface area contributed by atoms with Gasteiger partial charge in [-0.25, -0.2) is 9.78 Å². The van der Waals surface area contributed by atoms with E-state index in [-0.39, 0.29) is 11.6 Å². The minimum Gasteiger partial charge on any atom is -0.476 e. The Morgan fingerprint density at radius 1 is 1.56 bits per heavy atom. The van der Waals surface area contributed by atoms with Crippen molar-refractivity contribution in [3.05, 3.63) is 16.1 Å². The van der Waals surface area contributed by atoms with E-state index in [0.717, 1.165) is 12.8 Å². The first-order valence-electron chi connectivity index (χ1n) is 5.09. The number of rotatable bonds is 5. The molecule has 0 aliphatic heterocycles. The lowest BCUT2D eigenvalue weighted by atomic mass is 10.3. The molecule has 1 aliphatic carbocycles. The summed E-state index contributed by atoms with van der Waals surface area (Å²) >= 11 is 1.25. The van der Waals surface area contributed by atoms with E-state index >= 15 is 0 Å². The van der Waals surface area contributed by atoms with E-state index in [9.17, 15) is 9.59 Å². The number of aromatic nitrogens is 1. The molecule has 0 spiro atoms. The molecule has 0 saturated heterocycles. The lowest BCUT2D eigenvalue weighted by molar-refractivity contribution is -0.121. The van der Waals surface area contributed by atoms with Gasteiger partial charge in [0.1, 0.15) is 5.01 Å². The summed E-state index contributed by atoms with van der Waals surface area (Å²) in [5.74, 6) is -0.452. The van der Waals surface area contributed by atoms with E-state index in [0.29, 0.717) is 23.9 Å². The largest absolute Gasteiger partial charge is 0.476 e. The predicted molar refractivity (Wildman–Crippen MR) is 58.3 cm³/mol. The summed E-state index contributed by atoms with van der Waals surface area (Å²) in [4.78, 5) is 25.8. The summed E-state index contributed by atoms with van der Waals surface area (Å²) in [6.45, 7) is 0.323. The van der Waals surface area contributed by atoms with Gasteiger partial charge in [-0.15, -0.1) is 11.3 Å². The van der Waals surface area contributed by atoms with Crippen molar-refractivity contribution in [3.8, 4) is 0 Å². The molecule has 86 valence electrons. The molecule has 5 nitrogen and oxygen atoms in total. The van der Waals surface area contributed by atoms with Crippen molar-refractivity contribution >= 4 is 23.2 Å².